The minimum Gasteiger partial charge on any atom is -0.496 e. The third kappa shape index (κ3) is 7.50. The molecule has 2 rings (SSSR count). The van der Waals surface area contributed by atoms with Gasteiger partial charge in [-0.1, -0.05) is 29.8 Å². The first-order chi connectivity index (χ1) is 13.2. The zero-order valence-electron chi connectivity index (χ0n) is 17.6. The lowest BCUT2D eigenvalue weighted by molar-refractivity contribution is 0.409. The zero-order valence-corrected chi connectivity index (χ0v) is 20.7. The van der Waals surface area contributed by atoms with Gasteiger partial charge in [0, 0.05) is 26.4 Å². The molecule has 0 aliphatic carbocycles. The summed E-state index contributed by atoms with van der Waals surface area (Å²) in [7, 11) is 0.202. The van der Waals surface area contributed by atoms with E-state index in [9.17, 15) is 8.42 Å². The minimum absolute atomic E-state index is 0. The predicted molar refractivity (Wildman–Crippen MR) is 129 cm³/mol. The Hall–Kier alpha value is -1.81. The highest BCUT2D eigenvalue weighted by atomic mass is 127. The van der Waals surface area contributed by atoms with Gasteiger partial charge in [0.2, 0.25) is 0 Å². The zero-order chi connectivity index (χ0) is 20.7. The Morgan fingerprint density at radius 2 is 1.83 bits per heavy atom. The lowest BCUT2D eigenvalue weighted by Crippen LogP contribution is -2.37. The lowest BCUT2D eigenvalue weighted by Gasteiger charge is -2.14. The van der Waals surface area contributed by atoms with Gasteiger partial charge in [0.1, 0.15) is 5.75 Å². The highest BCUT2D eigenvalue weighted by Gasteiger charge is 2.11. The summed E-state index contributed by atoms with van der Waals surface area (Å²) in [6, 6.07) is 11.5. The van der Waals surface area contributed by atoms with Crippen molar-refractivity contribution in [2.24, 2.45) is 4.99 Å². The number of rotatable bonds is 7. The summed E-state index contributed by atoms with van der Waals surface area (Å²) in [5.74, 6) is 1.58. The Balaban J connectivity index is 0.00000420. The molecule has 0 radical (unpaired) electrons. The molecule has 0 bridgehead atoms. The number of nitrogens with zero attached hydrogens (tertiary/aromatic N) is 1. The first-order valence-corrected chi connectivity index (χ1v) is 11.0. The van der Waals surface area contributed by atoms with Crippen LogP contribution in [0.5, 0.6) is 5.75 Å². The summed E-state index contributed by atoms with van der Waals surface area (Å²) in [5.41, 5.74) is 4.09. The Kier molecular flexibility index (Phi) is 9.91. The molecule has 29 heavy (non-hydrogen) atoms. The summed E-state index contributed by atoms with van der Waals surface area (Å²) >= 11 is 0. The molecule has 0 spiro atoms. The van der Waals surface area contributed by atoms with E-state index in [1.54, 1.807) is 20.2 Å². The number of benzene rings is 2. The largest absolute Gasteiger partial charge is 0.496 e. The Labute approximate surface area is 191 Å². The van der Waals surface area contributed by atoms with E-state index < -0.39 is 9.84 Å². The second kappa shape index (κ2) is 11.4. The molecule has 0 atom stereocenters. The van der Waals surface area contributed by atoms with Gasteiger partial charge in [-0.25, -0.2) is 8.42 Å². The first-order valence-electron chi connectivity index (χ1n) is 9.12. The van der Waals surface area contributed by atoms with Gasteiger partial charge >= 0.3 is 0 Å². The van der Waals surface area contributed by atoms with E-state index in [2.05, 4.69) is 28.6 Å². The van der Waals surface area contributed by atoms with E-state index in [1.807, 2.05) is 31.2 Å². The van der Waals surface area contributed by atoms with Gasteiger partial charge in [-0.15, -0.1) is 24.0 Å². The fourth-order valence-electron chi connectivity index (χ4n) is 3.06. The topological polar surface area (TPSA) is 79.8 Å². The molecule has 2 aromatic carbocycles. The normalized spacial score (nSPS) is 11.6. The maximum Gasteiger partial charge on any atom is 0.191 e. The van der Waals surface area contributed by atoms with Crippen molar-refractivity contribution < 1.29 is 13.2 Å². The van der Waals surface area contributed by atoms with Crippen LogP contribution < -0.4 is 15.4 Å². The molecule has 0 saturated carbocycles. The van der Waals surface area contributed by atoms with E-state index in [0.717, 1.165) is 28.9 Å². The fourth-order valence-corrected chi connectivity index (χ4v) is 4.02. The number of methoxy groups -OCH3 is 1. The second-order valence-electron chi connectivity index (χ2n) is 6.79. The number of aryl methyl sites for hydroxylation is 2. The number of sulfone groups is 1. The minimum atomic E-state index is -3.20. The summed E-state index contributed by atoms with van der Waals surface area (Å²) in [4.78, 5) is 4.61. The maximum atomic E-state index is 11.7. The van der Waals surface area contributed by atoms with Crippen molar-refractivity contribution >= 4 is 39.8 Å². The van der Waals surface area contributed by atoms with Crippen LogP contribution in [0.3, 0.4) is 0 Å². The molecule has 2 N–H and O–H groups in total. The molecular formula is C21H30IN3O3S. The number of hydrogen-bond donors (Lipinski definition) is 2. The smallest absolute Gasteiger partial charge is 0.191 e. The van der Waals surface area contributed by atoms with E-state index in [4.69, 9.17) is 4.74 Å². The third-order valence-electron chi connectivity index (χ3n) is 4.45. The van der Waals surface area contributed by atoms with E-state index in [-0.39, 0.29) is 24.0 Å². The molecule has 0 aliphatic heterocycles. The van der Waals surface area contributed by atoms with E-state index in [0.29, 0.717) is 23.9 Å². The monoisotopic (exact) mass is 531 g/mol. The lowest BCUT2D eigenvalue weighted by atomic mass is 10.1. The second-order valence-corrected chi connectivity index (χ2v) is 8.77. The number of hydrogen-bond acceptors (Lipinski definition) is 4. The predicted octanol–water partition coefficient (Wildman–Crippen LogP) is 3.24. The number of halogens is 1. The van der Waals surface area contributed by atoms with Crippen LogP contribution in [-0.2, 0) is 22.8 Å². The average Bonchev–Trinajstić information content (AvgIpc) is 2.63. The molecule has 160 valence electrons. The number of aliphatic imine (C=N–C) groups is 1. The van der Waals surface area contributed by atoms with Gasteiger partial charge in [-0.05, 0) is 49.1 Å². The van der Waals surface area contributed by atoms with Crippen molar-refractivity contribution in [2.45, 2.75) is 31.7 Å². The standard InChI is InChI=1S/C21H29N3O3S.HI/c1-15-6-8-19(27-4)18(12-15)10-11-23-21(22-3)24-14-17-7-9-20(16(2)13-17)28(5,25)26;/h6-9,12-13H,10-11,14H2,1-5H3,(H2,22,23,24);1H. The van der Waals surface area contributed by atoms with Crippen LogP contribution in [0.2, 0.25) is 0 Å². The van der Waals surface area contributed by atoms with Gasteiger partial charge in [0.25, 0.3) is 0 Å². The SMILES string of the molecule is CN=C(NCCc1cc(C)ccc1OC)NCc1ccc(S(C)(=O)=O)c(C)c1.I. The van der Waals surface area contributed by atoms with Crippen LogP contribution in [0.4, 0.5) is 0 Å². The number of nitrogens with one attached hydrogen (secondary N) is 2. The molecule has 0 amide bonds. The van der Waals surface area contributed by atoms with Crippen molar-refractivity contribution in [3.8, 4) is 5.75 Å². The van der Waals surface area contributed by atoms with Crippen molar-refractivity contribution in [1.82, 2.24) is 10.6 Å². The quantitative estimate of drug-likeness (QED) is 0.326. The van der Waals surface area contributed by atoms with Gasteiger partial charge in [0.05, 0.1) is 12.0 Å². The summed E-state index contributed by atoms with van der Waals surface area (Å²) in [6.07, 6.45) is 2.04. The summed E-state index contributed by atoms with van der Waals surface area (Å²) in [5, 5.41) is 6.55. The van der Waals surface area contributed by atoms with E-state index in [1.165, 1.54) is 11.8 Å². The molecule has 2 aromatic rings. The van der Waals surface area contributed by atoms with Gasteiger partial charge in [-0.3, -0.25) is 4.99 Å². The molecule has 6 nitrogen and oxygen atoms in total. The molecule has 0 aromatic heterocycles. The van der Waals surface area contributed by atoms with Crippen LogP contribution in [0, 0.1) is 13.8 Å². The molecule has 0 fully saturated rings. The molecule has 0 heterocycles. The van der Waals surface area contributed by atoms with Crippen molar-refractivity contribution in [1.29, 1.82) is 0 Å². The van der Waals surface area contributed by atoms with Crippen LogP contribution in [-0.4, -0.2) is 41.3 Å². The Bertz CT molecular complexity index is 960. The van der Waals surface area contributed by atoms with Crippen LogP contribution in [0.15, 0.2) is 46.3 Å². The molecule has 0 unspecified atom stereocenters. The molecule has 0 aliphatic rings. The maximum absolute atomic E-state index is 11.7. The van der Waals surface area contributed by atoms with Gasteiger partial charge < -0.3 is 15.4 Å². The summed E-state index contributed by atoms with van der Waals surface area (Å²) < 4.78 is 28.9. The number of guanidine groups is 1. The van der Waals surface area contributed by atoms with Crippen LogP contribution in [0.1, 0.15) is 22.3 Å². The number of ether oxygens (including phenoxy) is 1. The van der Waals surface area contributed by atoms with Gasteiger partial charge in [-0.2, -0.15) is 0 Å². The van der Waals surface area contributed by atoms with Crippen LogP contribution >= 0.6 is 24.0 Å². The van der Waals surface area contributed by atoms with Crippen molar-refractivity contribution in [3.63, 3.8) is 0 Å². The molecular weight excluding hydrogens is 501 g/mol. The van der Waals surface area contributed by atoms with Crippen molar-refractivity contribution in [3.05, 3.63) is 58.7 Å². The third-order valence-corrected chi connectivity index (χ3v) is 5.70. The van der Waals surface area contributed by atoms with Crippen molar-refractivity contribution in [2.75, 3.05) is 27.0 Å². The fraction of sp³-hybridized carbons (Fsp3) is 0.381. The Morgan fingerprint density at radius 3 is 2.41 bits per heavy atom. The van der Waals surface area contributed by atoms with Gasteiger partial charge in [0.15, 0.2) is 15.8 Å². The summed E-state index contributed by atoms with van der Waals surface area (Å²) in [6.45, 7) is 5.14. The average molecular weight is 531 g/mol. The Morgan fingerprint density at radius 1 is 1.10 bits per heavy atom. The first kappa shape index (κ1) is 25.2. The molecule has 0 saturated heterocycles. The van der Waals surface area contributed by atoms with Crippen LogP contribution in [0.25, 0.3) is 0 Å². The molecule has 8 heteroatoms. The highest BCUT2D eigenvalue weighted by Crippen LogP contribution is 2.20. The highest BCUT2D eigenvalue weighted by molar-refractivity contribution is 14.0. The van der Waals surface area contributed by atoms with E-state index >= 15 is 0 Å².